The number of ketones is 1. The van der Waals surface area contributed by atoms with Crippen molar-refractivity contribution < 1.29 is 4.79 Å². The van der Waals surface area contributed by atoms with Gasteiger partial charge in [-0.1, -0.05) is 26.8 Å². The largest absolute Gasteiger partial charge is 0.294 e. The van der Waals surface area contributed by atoms with E-state index >= 15 is 0 Å². The summed E-state index contributed by atoms with van der Waals surface area (Å²) in [6.07, 6.45) is 5.04. The van der Waals surface area contributed by atoms with Crippen molar-refractivity contribution in [2.75, 3.05) is 0 Å². The van der Waals surface area contributed by atoms with Crippen LogP contribution in [-0.4, -0.2) is 10.8 Å². The first kappa shape index (κ1) is 10.6. The number of aromatic nitrogens is 1. The molecule has 1 heterocycles. The SMILES string of the molecule is CC(C)(C)C(=O)C=Cc1ccccn1. The molecule has 0 aliphatic carbocycles. The third-order valence-electron chi connectivity index (χ3n) is 1.83. The molecule has 0 fully saturated rings. The Morgan fingerprint density at radius 1 is 1.36 bits per heavy atom. The molecule has 0 amide bonds. The van der Waals surface area contributed by atoms with Gasteiger partial charge in [-0.25, -0.2) is 0 Å². The van der Waals surface area contributed by atoms with Gasteiger partial charge in [-0.15, -0.1) is 0 Å². The minimum Gasteiger partial charge on any atom is -0.294 e. The molecule has 1 rings (SSSR count). The van der Waals surface area contributed by atoms with Crippen molar-refractivity contribution in [2.45, 2.75) is 20.8 Å². The van der Waals surface area contributed by atoms with Crippen molar-refractivity contribution in [3.8, 4) is 0 Å². The van der Waals surface area contributed by atoms with Crippen LogP contribution in [0.2, 0.25) is 0 Å². The van der Waals surface area contributed by atoms with Crippen LogP contribution in [-0.2, 0) is 4.79 Å². The van der Waals surface area contributed by atoms with Crippen LogP contribution in [0.1, 0.15) is 26.5 Å². The first-order chi connectivity index (χ1) is 6.50. The number of rotatable bonds is 2. The summed E-state index contributed by atoms with van der Waals surface area (Å²) in [5, 5.41) is 0. The Labute approximate surface area is 84.7 Å². The predicted molar refractivity (Wildman–Crippen MR) is 57.7 cm³/mol. The average molecular weight is 189 g/mol. The Balaban J connectivity index is 2.71. The van der Waals surface area contributed by atoms with Crippen LogP contribution in [0.25, 0.3) is 6.08 Å². The second-order valence-corrected chi connectivity index (χ2v) is 4.20. The minimum atomic E-state index is -0.314. The minimum absolute atomic E-state index is 0.114. The third kappa shape index (κ3) is 3.13. The van der Waals surface area contributed by atoms with E-state index in [2.05, 4.69) is 4.98 Å². The zero-order valence-electron chi connectivity index (χ0n) is 8.82. The topological polar surface area (TPSA) is 30.0 Å². The van der Waals surface area contributed by atoms with Crippen molar-refractivity contribution in [3.05, 3.63) is 36.2 Å². The zero-order chi connectivity index (χ0) is 10.6. The smallest absolute Gasteiger partial charge is 0.161 e. The Bertz CT molecular complexity index is 333. The average Bonchev–Trinajstić information content (AvgIpc) is 2.14. The molecular formula is C12H15NO. The molecule has 1 aromatic rings. The Morgan fingerprint density at radius 2 is 2.07 bits per heavy atom. The van der Waals surface area contributed by atoms with Crippen LogP contribution in [0.3, 0.4) is 0 Å². The molecule has 0 aromatic carbocycles. The van der Waals surface area contributed by atoms with Crippen LogP contribution in [0, 0.1) is 5.41 Å². The molecule has 0 N–H and O–H groups in total. The lowest BCUT2D eigenvalue weighted by Gasteiger charge is -2.12. The molecule has 0 spiro atoms. The van der Waals surface area contributed by atoms with E-state index in [0.717, 1.165) is 5.69 Å². The van der Waals surface area contributed by atoms with Crippen molar-refractivity contribution in [1.29, 1.82) is 0 Å². The van der Waals surface area contributed by atoms with Gasteiger partial charge in [-0.3, -0.25) is 9.78 Å². The lowest BCUT2D eigenvalue weighted by molar-refractivity contribution is -0.121. The highest BCUT2D eigenvalue weighted by molar-refractivity contribution is 5.97. The van der Waals surface area contributed by atoms with E-state index in [0.29, 0.717) is 0 Å². The van der Waals surface area contributed by atoms with E-state index in [1.54, 1.807) is 18.3 Å². The number of pyridine rings is 1. The molecule has 2 heteroatoms. The molecule has 0 saturated carbocycles. The van der Waals surface area contributed by atoms with E-state index in [4.69, 9.17) is 0 Å². The van der Waals surface area contributed by atoms with E-state index in [9.17, 15) is 4.79 Å². The van der Waals surface area contributed by atoms with Gasteiger partial charge in [0.15, 0.2) is 5.78 Å². The molecule has 0 aliphatic rings. The van der Waals surface area contributed by atoms with Crippen molar-refractivity contribution in [3.63, 3.8) is 0 Å². The van der Waals surface area contributed by atoms with E-state index in [-0.39, 0.29) is 11.2 Å². The molecule has 0 radical (unpaired) electrons. The molecule has 2 nitrogen and oxygen atoms in total. The second-order valence-electron chi connectivity index (χ2n) is 4.20. The molecule has 74 valence electrons. The second kappa shape index (κ2) is 4.18. The maximum Gasteiger partial charge on any atom is 0.161 e. The highest BCUT2D eigenvalue weighted by atomic mass is 16.1. The normalized spacial score (nSPS) is 11.9. The molecule has 0 aliphatic heterocycles. The van der Waals surface area contributed by atoms with Crippen LogP contribution in [0.4, 0.5) is 0 Å². The molecule has 14 heavy (non-hydrogen) atoms. The first-order valence-corrected chi connectivity index (χ1v) is 4.64. The first-order valence-electron chi connectivity index (χ1n) is 4.64. The van der Waals surface area contributed by atoms with Gasteiger partial charge in [0.05, 0.1) is 5.69 Å². The fourth-order valence-electron chi connectivity index (χ4n) is 0.886. The van der Waals surface area contributed by atoms with Crippen LogP contribution < -0.4 is 0 Å². The van der Waals surface area contributed by atoms with Gasteiger partial charge in [-0.05, 0) is 24.3 Å². The molecule has 1 aromatic heterocycles. The summed E-state index contributed by atoms with van der Waals surface area (Å²) in [7, 11) is 0. The summed E-state index contributed by atoms with van der Waals surface area (Å²) in [4.78, 5) is 15.6. The Hall–Kier alpha value is -1.44. The number of nitrogens with zero attached hydrogens (tertiary/aromatic N) is 1. The quantitative estimate of drug-likeness (QED) is 0.669. The van der Waals surface area contributed by atoms with Crippen LogP contribution in [0.15, 0.2) is 30.5 Å². The van der Waals surface area contributed by atoms with Gasteiger partial charge >= 0.3 is 0 Å². The number of allylic oxidation sites excluding steroid dienone is 1. The van der Waals surface area contributed by atoms with Crippen molar-refractivity contribution in [1.82, 2.24) is 4.98 Å². The molecule has 0 saturated heterocycles. The van der Waals surface area contributed by atoms with Crippen molar-refractivity contribution in [2.24, 2.45) is 5.41 Å². The fraction of sp³-hybridized carbons (Fsp3) is 0.333. The Kier molecular flexibility index (Phi) is 3.18. The van der Waals surface area contributed by atoms with Gasteiger partial charge < -0.3 is 0 Å². The highest BCUT2D eigenvalue weighted by Crippen LogP contribution is 2.15. The lowest BCUT2D eigenvalue weighted by Crippen LogP contribution is -2.17. The van der Waals surface area contributed by atoms with Gasteiger partial charge in [-0.2, -0.15) is 0 Å². The molecular weight excluding hydrogens is 174 g/mol. The summed E-state index contributed by atoms with van der Waals surface area (Å²) in [6.45, 7) is 5.70. The monoisotopic (exact) mass is 189 g/mol. The maximum atomic E-state index is 11.5. The van der Waals surface area contributed by atoms with Gasteiger partial charge in [0.1, 0.15) is 0 Å². The third-order valence-corrected chi connectivity index (χ3v) is 1.83. The molecule has 0 unspecified atom stereocenters. The van der Waals surface area contributed by atoms with E-state index in [1.165, 1.54) is 0 Å². The number of hydrogen-bond donors (Lipinski definition) is 0. The summed E-state index contributed by atoms with van der Waals surface area (Å²) in [5.74, 6) is 0.114. The highest BCUT2D eigenvalue weighted by Gasteiger charge is 2.17. The standard InChI is InChI=1S/C12H15NO/c1-12(2,3)11(14)8-7-10-6-4-5-9-13-10/h4-9H,1-3H3. The number of carbonyl (C=O) groups excluding carboxylic acids is 1. The Morgan fingerprint density at radius 3 is 2.57 bits per heavy atom. The number of carbonyl (C=O) groups is 1. The summed E-state index contributed by atoms with van der Waals surface area (Å²) in [5.41, 5.74) is 0.496. The van der Waals surface area contributed by atoms with Crippen LogP contribution in [0.5, 0.6) is 0 Å². The van der Waals surface area contributed by atoms with E-state index in [1.807, 2.05) is 39.0 Å². The maximum absolute atomic E-state index is 11.5. The van der Waals surface area contributed by atoms with Gasteiger partial charge in [0.2, 0.25) is 0 Å². The fourth-order valence-corrected chi connectivity index (χ4v) is 0.886. The zero-order valence-corrected chi connectivity index (χ0v) is 8.82. The van der Waals surface area contributed by atoms with Gasteiger partial charge in [0, 0.05) is 11.6 Å². The predicted octanol–water partition coefficient (Wildman–Crippen LogP) is 2.71. The lowest BCUT2D eigenvalue weighted by atomic mass is 9.90. The van der Waals surface area contributed by atoms with Crippen LogP contribution >= 0.6 is 0 Å². The summed E-state index contributed by atoms with van der Waals surface area (Å²) < 4.78 is 0. The summed E-state index contributed by atoms with van der Waals surface area (Å²) >= 11 is 0. The molecule has 0 atom stereocenters. The molecule has 0 bridgehead atoms. The van der Waals surface area contributed by atoms with Crippen molar-refractivity contribution >= 4 is 11.9 Å². The van der Waals surface area contributed by atoms with Gasteiger partial charge in [0.25, 0.3) is 0 Å². The van der Waals surface area contributed by atoms with E-state index < -0.39 is 0 Å². The summed E-state index contributed by atoms with van der Waals surface area (Å²) in [6, 6.07) is 5.61. The number of hydrogen-bond acceptors (Lipinski definition) is 2.